The summed E-state index contributed by atoms with van der Waals surface area (Å²) in [5.74, 6) is -1.37. The van der Waals surface area contributed by atoms with Gasteiger partial charge in [-0.05, 0) is 18.6 Å². The lowest BCUT2D eigenvalue weighted by atomic mass is 9.92. The molecule has 1 heterocycles. The number of esters is 1. The van der Waals surface area contributed by atoms with Gasteiger partial charge >= 0.3 is 12.1 Å². The second-order valence-electron chi connectivity index (χ2n) is 4.44. The molecule has 0 N–H and O–H groups in total. The van der Waals surface area contributed by atoms with E-state index in [0.717, 1.165) is 12.1 Å². The lowest BCUT2D eigenvalue weighted by molar-refractivity contribution is -0.142. The van der Waals surface area contributed by atoms with Crippen molar-refractivity contribution in [2.75, 3.05) is 7.11 Å². The normalized spacial score (nSPS) is 27.4. The van der Waals surface area contributed by atoms with Crippen molar-refractivity contribution in [2.24, 2.45) is 0 Å². The average Bonchev–Trinajstić information content (AvgIpc) is 2.62. The Morgan fingerprint density at radius 2 is 2.00 bits per heavy atom. The number of carbonyl (C=O) groups excluding carboxylic acids is 1. The SMILES string of the molecule is COC1C(C)OC(=O)C1c1cccc(C(F)(F)F)c1. The summed E-state index contributed by atoms with van der Waals surface area (Å²) in [6, 6.07) is 4.69. The number of methoxy groups -OCH3 is 1. The number of cyclic esters (lactones) is 1. The van der Waals surface area contributed by atoms with E-state index in [1.807, 2.05) is 0 Å². The molecular weight excluding hydrogens is 261 g/mol. The molecule has 0 spiro atoms. The molecule has 1 aromatic rings. The predicted octanol–water partition coefficient (Wildman–Crippen LogP) is 2.75. The Kier molecular flexibility index (Phi) is 3.54. The van der Waals surface area contributed by atoms with Gasteiger partial charge < -0.3 is 9.47 Å². The molecule has 104 valence electrons. The third-order valence-electron chi connectivity index (χ3n) is 3.19. The van der Waals surface area contributed by atoms with Crippen molar-refractivity contribution in [1.82, 2.24) is 0 Å². The molecule has 1 aliphatic heterocycles. The monoisotopic (exact) mass is 274 g/mol. The van der Waals surface area contributed by atoms with Crippen LogP contribution in [0.2, 0.25) is 0 Å². The van der Waals surface area contributed by atoms with Gasteiger partial charge in [-0.2, -0.15) is 13.2 Å². The smallest absolute Gasteiger partial charge is 0.416 e. The van der Waals surface area contributed by atoms with E-state index in [4.69, 9.17) is 9.47 Å². The van der Waals surface area contributed by atoms with Crippen molar-refractivity contribution in [1.29, 1.82) is 0 Å². The highest BCUT2D eigenvalue weighted by atomic mass is 19.4. The quantitative estimate of drug-likeness (QED) is 0.778. The summed E-state index contributed by atoms with van der Waals surface area (Å²) < 4.78 is 48.2. The van der Waals surface area contributed by atoms with Crippen LogP contribution in [0.4, 0.5) is 13.2 Å². The van der Waals surface area contributed by atoms with Crippen LogP contribution in [0.5, 0.6) is 0 Å². The van der Waals surface area contributed by atoms with Crippen LogP contribution in [-0.2, 0) is 20.4 Å². The third kappa shape index (κ3) is 2.58. The van der Waals surface area contributed by atoms with E-state index >= 15 is 0 Å². The molecule has 6 heteroatoms. The Hall–Kier alpha value is -1.56. The first-order valence-electron chi connectivity index (χ1n) is 5.75. The topological polar surface area (TPSA) is 35.5 Å². The first kappa shape index (κ1) is 13.9. The lowest BCUT2D eigenvalue weighted by Gasteiger charge is -2.17. The van der Waals surface area contributed by atoms with Gasteiger partial charge in [0.15, 0.2) is 0 Å². The number of hydrogen-bond donors (Lipinski definition) is 0. The molecule has 0 radical (unpaired) electrons. The lowest BCUT2D eigenvalue weighted by Crippen LogP contribution is -2.26. The highest BCUT2D eigenvalue weighted by Gasteiger charge is 2.44. The largest absolute Gasteiger partial charge is 0.459 e. The van der Waals surface area contributed by atoms with E-state index in [-0.39, 0.29) is 5.56 Å². The minimum absolute atomic E-state index is 0.260. The zero-order valence-electron chi connectivity index (χ0n) is 10.4. The average molecular weight is 274 g/mol. The first-order valence-corrected chi connectivity index (χ1v) is 5.75. The summed E-state index contributed by atoms with van der Waals surface area (Å²) in [4.78, 5) is 11.7. The fraction of sp³-hybridized carbons (Fsp3) is 0.462. The van der Waals surface area contributed by atoms with E-state index in [2.05, 4.69) is 0 Å². The van der Waals surface area contributed by atoms with Gasteiger partial charge in [-0.3, -0.25) is 4.79 Å². The van der Waals surface area contributed by atoms with Gasteiger partial charge in [0.2, 0.25) is 0 Å². The molecule has 2 rings (SSSR count). The minimum atomic E-state index is -4.44. The predicted molar refractivity (Wildman–Crippen MR) is 60.5 cm³/mol. The van der Waals surface area contributed by atoms with Crippen LogP contribution >= 0.6 is 0 Å². The van der Waals surface area contributed by atoms with Gasteiger partial charge in [-0.1, -0.05) is 18.2 Å². The van der Waals surface area contributed by atoms with Gasteiger partial charge in [0, 0.05) is 7.11 Å². The van der Waals surface area contributed by atoms with E-state index in [1.54, 1.807) is 6.92 Å². The highest BCUT2D eigenvalue weighted by molar-refractivity contribution is 5.81. The number of rotatable bonds is 2. The van der Waals surface area contributed by atoms with Crippen LogP contribution < -0.4 is 0 Å². The molecular formula is C13H13F3O3. The Bertz CT molecular complexity index is 484. The molecule has 1 aliphatic rings. The van der Waals surface area contributed by atoms with Crippen molar-refractivity contribution in [2.45, 2.75) is 31.2 Å². The maximum Gasteiger partial charge on any atom is 0.416 e. The number of carbonyl (C=O) groups is 1. The van der Waals surface area contributed by atoms with Gasteiger partial charge in [0.25, 0.3) is 0 Å². The molecule has 19 heavy (non-hydrogen) atoms. The molecule has 0 amide bonds. The molecule has 1 saturated heterocycles. The maximum atomic E-state index is 12.7. The Morgan fingerprint density at radius 3 is 2.58 bits per heavy atom. The molecule has 3 nitrogen and oxygen atoms in total. The molecule has 3 unspecified atom stereocenters. The number of benzene rings is 1. The standard InChI is InChI=1S/C13H13F3O3/c1-7-11(18-2)10(12(17)19-7)8-4-3-5-9(6-8)13(14,15)16/h3-7,10-11H,1-2H3. The van der Waals surface area contributed by atoms with E-state index in [0.29, 0.717) is 0 Å². The number of halogens is 3. The number of alkyl halides is 3. The second kappa shape index (κ2) is 4.85. The van der Waals surface area contributed by atoms with E-state index < -0.39 is 35.8 Å². The second-order valence-corrected chi connectivity index (χ2v) is 4.44. The zero-order valence-corrected chi connectivity index (χ0v) is 10.4. The van der Waals surface area contributed by atoms with Crippen LogP contribution in [0.15, 0.2) is 24.3 Å². The Morgan fingerprint density at radius 1 is 1.32 bits per heavy atom. The molecule has 3 atom stereocenters. The summed E-state index contributed by atoms with van der Waals surface area (Å²) in [5.41, 5.74) is -0.525. The third-order valence-corrected chi connectivity index (χ3v) is 3.19. The summed E-state index contributed by atoms with van der Waals surface area (Å²) >= 11 is 0. The van der Waals surface area contributed by atoms with E-state index in [9.17, 15) is 18.0 Å². The van der Waals surface area contributed by atoms with Gasteiger partial charge in [0.05, 0.1) is 5.56 Å². The van der Waals surface area contributed by atoms with Crippen LogP contribution in [-0.4, -0.2) is 25.3 Å². The van der Waals surface area contributed by atoms with Gasteiger partial charge in [-0.25, -0.2) is 0 Å². The number of hydrogen-bond acceptors (Lipinski definition) is 3. The first-order chi connectivity index (χ1) is 8.84. The minimum Gasteiger partial charge on any atom is -0.459 e. The molecule has 0 bridgehead atoms. The molecule has 0 aromatic heterocycles. The van der Waals surface area contributed by atoms with Crippen molar-refractivity contribution in [3.63, 3.8) is 0 Å². The summed E-state index contributed by atoms with van der Waals surface area (Å²) in [5, 5.41) is 0. The molecule has 1 aromatic carbocycles. The molecule has 0 saturated carbocycles. The van der Waals surface area contributed by atoms with Crippen molar-refractivity contribution in [3.05, 3.63) is 35.4 Å². The van der Waals surface area contributed by atoms with Crippen LogP contribution in [0, 0.1) is 0 Å². The highest BCUT2D eigenvalue weighted by Crippen LogP contribution is 2.36. The van der Waals surface area contributed by atoms with Crippen LogP contribution in [0.3, 0.4) is 0 Å². The summed E-state index contributed by atoms with van der Waals surface area (Å²) in [6.45, 7) is 1.65. The molecule has 1 fully saturated rings. The zero-order chi connectivity index (χ0) is 14.2. The molecule has 0 aliphatic carbocycles. The van der Waals surface area contributed by atoms with Gasteiger partial charge in [0.1, 0.15) is 18.1 Å². The van der Waals surface area contributed by atoms with Crippen molar-refractivity contribution in [3.8, 4) is 0 Å². The maximum absolute atomic E-state index is 12.7. The van der Waals surface area contributed by atoms with E-state index in [1.165, 1.54) is 19.2 Å². The van der Waals surface area contributed by atoms with Crippen LogP contribution in [0.1, 0.15) is 24.0 Å². The summed E-state index contributed by atoms with van der Waals surface area (Å²) in [6.07, 6.45) is -5.49. The number of ether oxygens (including phenoxy) is 2. The Labute approximate surface area is 108 Å². The Balaban J connectivity index is 2.39. The summed E-state index contributed by atoms with van der Waals surface area (Å²) in [7, 11) is 1.41. The fourth-order valence-corrected chi connectivity index (χ4v) is 2.29. The van der Waals surface area contributed by atoms with Crippen molar-refractivity contribution < 1.29 is 27.4 Å². The fourth-order valence-electron chi connectivity index (χ4n) is 2.29. The van der Waals surface area contributed by atoms with Crippen molar-refractivity contribution >= 4 is 5.97 Å². The van der Waals surface area contributed by atoms with Gasteiger partial charge in [-0.15, -0.1) is 0 Å². The van der Waals surface area contributed by atoms with Crippen LogP contribution in [0.25, 0.3) is 0 Å².